The summed E-state index contributed by atoms with van der Waals surface area (Å²) in [5.74, 6) is 2.77. The largest absolute Gasteiger partial charge is 0.497 e. The van der Waals surface area contributed by atoms with E-state index >= 15 is 0 Å². The Morgan fingerprint density at radius 2 is 2.05 bits per heavy atom. The predicted octanol–water partition coefficient (Wildman–Crippen LogP) is 2.88. The number of methoxy groups -OCH3 is 2. The van der Waals surface area contributed by atoms with Crippen molar-refractivity contribution in [3.05, 3.63) is 47.0 Å². The van der Waals surface area contributed by atoms with Crippen LogP contribution in [0.5, 0.6) is 11.5 Å². The molecule has 0 N–H and O–H groups in total. The summed E-state index contributed by atoms with van der Waals surface area (Å²) in [6, 6.07) is 5.99. The van der Waals surface area contributed by atoms with Crippen LogP contribution in [0.25, 0.3) is 0 Å². The number of hydrogen-bond acceptors (Lipinski definition) is 4. The Balaban J connectivity index is 2.05. The maximum Gasteiger partial charge on any atom is 0.126 e. The van der Waals surface area contributed by atoms with Crippen LogP contribution >= 0.6 is 0 Å². The molecule has 1 aromatic heterocycles. The second kappa shape index (κ2) is 5.12. The third-order valence-corrected chi connectivity index (χ3v) is 3.87. The van der Waals surface area contributed by atoms with E-state index in [1.54, 1.807) is 14.2 Å². The lowest BCUT2D eigenvalue weighted by atomic mass is 9.95. The molecule has 1 aliphatic rings. The molecule has 4 nitrogen and oxygen atoms in total. The third kappa shape index (κ3) is 2.11. The lowest BCUT2D eigenvalue weighted by molar-refractivity contribution is 0.389. The van der Waals surface area contributed by atoms with Crippen LogP contribution in [0.15, 0.2) is 24.4 Å². The van der Waals surface area contributed by atoms with Crippen LogP contribution in [0.2, 0.25) is 0 Å². The average Bonchev–Trinajstić information content (AvgIpc) is 2.89. The molecule has 0 bridgehead atoms. The van der Waals surface area contributed by atoms with E-state index in [9.17, 15) is 0 Å². The Morgan fingerprint density at radius 1 is 1.20 bits per heavy atom. The van der Waals surface area contributed by atoms with Crippen molar-refractivity contribution < 1.29 is 9.47 Å². The molecule has 4 heteroatoms. The molecule has 0 saturated heterocycles. The quantitative estimate of drug-likeness (QED) is 0.860. The number of rotatable bonds is 3. The van der Waals surface area contributed by atoms with E-state index < -0.39 is 0 Å². The summed E-state index contributed by atoms with van der Waals surface area (Å²) >= 11 is 0. The lowest BCUT2D eigenvalue weighted by Gasteiger charge is -2.16. The highest BCUT2D eigenvalue weighted by atomic mass is 16.5. The first-order valence-electron chi connectivity index (χ1n) is 6.77. The van der Waals surface area contributed by atoms with Gasteiger partial charge < -0.3 is 9.47 Å². The molecule has 0 amide bonds. The normalized spacial score (nSPS) is 16.9. The highest BCUT2D eigenvalue weighted by Crippen LogP contribution is 2.41. The van der Waals surface area contributed by atoms with Crippen molar-refractivity contribution in [1.29, 1.82) is 0 Å². The van der Waals surface area contributed by atoms with Crippen LogP contribution in [-0.4, -0.2) is 24.2 Å². The maximum absolute atomic E-state index is 5.52. The minimum atomic E-state index is 0.285. The third-order valence-electron chi connectivity index (χ3n) is 3.87. The number of aromatic nitrogens is 2. The summed E-state index contributed by atoms with van der Waals surface area (Å²) in [6.45, 7) is 1.93. The van der Waals surface area contributed by atoms with Gasteiger partial charge in [-0.2, -0.15) is 0 Å². The molecule has 0 fully saturated rings. The van der Waals surface area contributed by atoms with Crippen LogP contribution < -0.4 is 9.47 Å². The Morgan fingerprint density at radius 3 is 2.80 bits per heavy atom. The first-order valence-corrected chi connectivity index (χ1v) is 6.77. The number of aryl methyl sites for hydroxylation is 2. The van der Waals surface area contributed by atoms with Gasteiger partial charge in [-0.3, -0.25) is 0 Å². The SMILES string of the molecule is COc1ccc(C2CCc3cnc(C)nc32)c(OC)c1. The van der Waals surface area contributed by atoms with E-state index in [1.165, 1.54) is 11.1 Å². The summed E-state index contributed by atoms with van der Waals surface area (Å²) in [5, 5.41) is 0. The van der Waals surface area contributed by atoms with Gasteiger partial charge in [-0.05, 0) is 31.4 Å². The van der Waals surface area contributed by atoms with Gasteiger partial charge in [0.25, 0.3) is 0 Å². The molecule has 0 saturated carbocycles. The van der Waals surface area contributed by atoms with E-state index in [0.717, 1.165) is 35.9 Å². The molecule has 0 radical (unpaired) electrons. The van der Waals surface area contributed by atoms with E-state index in [4.69, 9.17) is 9.47 Å². The number of benzene rings is 1. The number of hydrogen-bond donors (Lipinski definition) is 0. The zero-order valence-corrected chi connectivity index (χ0v) is 12.0. The smallest absolute Gasteiger partial charge is 0.126 e. The van der Waals surface area contributed by atoms with Crippen LogP contribution in [-0.2, 0) is 6.42 Å². The van der Waals surface area contributed by atoms with E-state index in [0.29, 0.717) is 0 Å². The summed E-state index contributed by atoms with van der Waals surface area (Å²) < 4.78 is 10.8. The fraction of sp³-hybridized carbons (Fsp3) is 0.375. The molecular weight excluding hydrogens is 252 g/mol. The summed E-state index contributed by atoms with van der Waals surface area (Å²) in [7, 11) is 3.36. The van der Waals surface area contributed by atoms with E-state index in [1.807, 2.05) is 25.3 Å². The molecule has 1 heterocycles. The van der Waals surface area contributed by atoms with Crippen LogP contribution in [0.1, 0.15) is 35.0 Å². The average molecular weight is 270 g/mol. The Kier molecular flexibility index (Phi) is 3.30. The molecule has 1 aromatic carbocycles. The lowest BCUT2D eigenvalue weighted by Crippen LogP contribution is -2.03. The summed E-state index contributed by atoms with van der Waals surface area (Å²) in [5.41, 5.74) is 3.56. The van der Waals surface area contributed by atoms with Crippen molar-refractivity contribution in [2.24, 2.45) is 0 Å². The highest BCUT2D eigenvalue weighted by molar-refractivity contribution is 5.48. The monoisotopic (exact) mass is 270 g/mol. The zero-order valence-electron chi connectivity index (χ0n) is 12.0. The van der Waals surface area contributed by atoms with Gasteiger partial charge in [0.2, 0.25) is 0 Å². The molecule has 0 spiro atoms. The second-order valence-electron chi connectivity index (χ2n) is 5.03. The minimum Gasteiger partial charge on any atom is -0.497 e. The van der Waals surface area contributed by atoms with Crippen LogP contribution in [0.4, 0.5) is 0 Å². The molecular formula is C16H18N2O2. The number of fused-ring (bicyclic) bond motifs is 1. The minimum absolute atomic E-state index is 0.285. The molecule has 1 unspecified atom stereocenters. The first-order chi connectivity index (χ1) is 9.72. The van der Waals surface area contributed by atoms with E-state index in [-0.39, 0.29) is 5.92 Å². The predicted molar refractivity (Wildman–Crippen MR) is 76.5 cm³/mol. The topological polar surface area (TPSA) is 44.2 Å². The molecule has 1 atom stereocenters. The van der Waals surface area contributed by atoms with E-state index in [2.05, 4.69) is 16.0 Å². The fourth-order valence-electron chi connectivity index (χ4n) is 2.85. The van der Waals surface area contributed by atoms with Gasteiger partial charge in [-0.25, -0.2) is 9.97 Å². The van der Waals surface area contributed by atoms with Crippen molar-refractivity contribution in [3.63, 3.8) is 0 Å². The second-order valence-corrected chi connectivity index (χ2v) is 5.03. The Labute approximate surface area is 118 Å². The van der Waals surface area contributed by atoms with Gasteiger partial charge in [-0.15, -0.1) is 0 Å². The van der Waals surface area contributed by atoms with Crippen molar-refractivity contribution in [1.82, 2.24) is 9.97 Å². The maximum atomic E-state index is 5.52. The molecule has 0 aliphatic heterocycles. The Hall–Kier alpha value is -2.10. The fourth-order valence-corrected chi connectivity index (χ4v) is 2.85. The van der Waals surface area contributed by atoms with Gasteiger partial charge in [0, 0.05) is 23.7 Å². The molecule has 3 rings (SSSR count). The van der Waals surface area contributed by atoms with Crippen molar-refractivity contribution >= 4 is 0 Å². The molecule has 20 heavy (non-hydrogen) atoms. The van der Waals surface area contributed by atoms with Gasteiger partial charge >= 0.3 is 0 Å². The number of nitrogens with zero attached hydrogens (tertiary/aromatic N) is 2. The van der Waals surface area contributed by atoms with Crippen molar-refractivity contribution in [2.75, 3.05) is 14.2 Å². The summed E-state index contributed by atoms with van der Waals surface area (Å²) in [4.78, 5) is 8.92. The highest BCUT2D eigenvalue weighted by Gasteiger charge is 2.28. The standard InChI is InChI=1S/C16H18N2O2/c1-10-17-9-11-4-6-14(16(11)18-10)13-7-5-12(19-2)8-15(13)20-3/h5,7-9,14H,4,6H2,1-3H3. The van der Waals surface area contributed by atoms with Gasteiger partial charge in [0.05, 0.1) is 19.9 Å². The Bertz CT molecular complexity index is 640. The van der Waals surface area contributed by atoms with Crippen molar-refractivity contribution in [2.45, 2.75) is 25.7 Å². The molecule has 1 aliphatic carbocycles. The van der Waals surface area contributed by atoms with Crippen molar-refractivity contribution in [3.8, 4) is 11.5 Å². The molecule has 104 valence electrons. The van der Waals surface area contributed by atoms with Crippen LogP contribution in [0.3, 0.4) is 0 Å². The van der Waals surface area contributed by atoms with Gasteiger partial charge in [-0.1, -0.05) is 6.07 Å². The van der Waals surface area contributed by atoms with Crippen LogP contribution in [0, 0.1) is 6.92 Å². The molecule has 2 aromatic rings. The van der Waals surface area contributed by atoms with Gasteiger partial charge in [0.15, 0.2) is 0 Å². The summed E-state index contributed by atoms with van der Waals surface area (Å²) in [6.07, 6.45) is 4.03. The first kappa shape index (κ1) is 12.9. The zero-order chi connectivity index (χ0) is 14.1. The van der Waals surface area contributed by atoms with Gasteiger partial charge in [0.1, 0.15) is 17.3 Å². The number of ether oxygens (including phenoxy) is 2.